The molecule has 182 valence electrons. The van der Waals surface area contributed by atoms with Crippen molar-refractivity contribution in [3.8, 4) is 5.75 Å². The second kappa shape index (κ2) is 11.4. The molecule has 0 bridgehead atoms. The molecular formula is C23H27N3O8. The highest BCUT2D eigenvalue weighted by molar-refractivity contribution is 6.24. The lowest BCUT2D eigenvalue weighted by atomic mass is 10.0. The van der Waals surface area contributed by atoms with E-state index in [9.17, 15) is 28.8 Å². The summed E-state index contributed by atoms with van der Waals surface area (Å²) in [4.78, 5) is 72.6. The fourth-order valence-electron chi connectivity index (χ4n) is 3.96. The quantitative estimate of drug-likeness (QED) is 0.300. The van der Waals surface area contributed by atoms with Gasteiger partial charge in [-0.1, -0.05) is 18.9 Å². The first-order valence-electron chi connectivity index (χ1n) is 11.3. The van der Waals surface area contributed by atoms with Crippen LogP contribution in [0.1, 0.15) is 72.1 Å². The highest BCUT2D eigenvalue weighted by Crippen LogP contribution is 2.33. The molecular weight excluding hydrogens is 446 g/mol. The molecule has 1 aromatic carbocycles. The van der Waals surface area contributed by atoms with Crippen LogP contribution in [-0.4, -0.2) is 64.7 Å². The Labute approximate surface area is 195 Å². The van der Waals surface area contributed by atoms with Crippen molar-refractivity contribution in [2.75, 3.05) is 13.2 Å². The summed E-state index contributed by atoms with van der Waals surface area (Å²) in [6.45, 7) is 0.265. The summed E-state index contributed by atoms with van der Waals surface area (Å²) in [6, 6.07) is 3.53. The molecule has 11 heteroatoms. The van der Waals surface area contributed by atoms with Gasteiger partial charge in [0.2, 0.25) is 17.7 Å². The Hall–Kier alpha value is -3.76. The molecule has 0 aliphatic carbocycles. The smallest absolute Gasteiger partial charge is 0.303 e. The summed E-state index contributed by atoms with van der Waals surface area (Å²) < 4.78 is 5.65. The molecule has 3 rings (SSSR count). The number of carboxylic acids is 1. The van der Waals surface area contributed by atoms with Crippen molar-refractivity contribution in [2.24, 2.45) is 0 Å². The fraction of sp³-hybridized carbons (Fsp3) is 0.478. The van der Waals surface area contributed by atoms with Crippen LogP contribution in [0.15, 0.2) is 18.2 Å². The van der Waals surface area contributed by atoms with Gasteiger partial charge in [0, 0.05) is 19.3 Å². The van der Waals surface area contributed by atoms with Gasteiger partial charge in [-0.25, -0.2) is 0 Å². The second-order valence-electron chi connectivity index (χ2n) is 8.13. The molecule has 2 aliphatic rings. The van der Waals surface area contributed by atoms with Gasteiger partial charge >= 0.3 is 5.97 Å². The Morgan fingerprint density at radius 2 is 1.79 bits per heavy atom. The minimum absolute atomic E-state index is 0.0369. The predicted molar refractivity (Wildman–Crippen MR) is 117 cm³/mol. The number of carboxylic acid groups (broad SMARTS) is 1. The van der Waals surface area contributed by atoms with E-state index in [0.29, 0.717) is 19.3 Å². The van der Waals surface area contributed by atoms with Gasteiger partial charge in [0.25, 0.3) is 11.8 Å². The molecule has 2 aliphatic heterocycles. The number of nitrogens with zero attached hydrogens (tertiary/aromatic N) is 1. The van der Waals surface area contributed by atoms with Crippen LogP contribution in [0.5, 0.6) is 5.75 Å². The highest BCUT2D eigenvalue weighted by Gasteiger charge is 2.45. The molecule has 1 saturated heterocycles. The summed E-state index contributed by atoms with van der Waals surface area (Å²) in [7, 11) is 0. The largest absolute Gasteiger partial charge is 0.491 e. The molecule has 0 spiro atoms. The van der Waals surface area contributed by atoms with Crippen molar-refractivity contribution in [1.82, 2.24) is 15.5 Å². The lowest BCUT2D eigenvalue weighted by molar-refractivity contribution is -0.138. The maximum atomic E-state index is 13.0. The standard InChI is InChI=1S/C23H27N3O8/c27-17(8-3-1-2-4-9-19(29)30)24-12-13-34-16-7-5-6-14-20(16)23(33)26(22(14)32)15-10-11-18(28)25-21(15)31/h5-7,15H,1-4,8-13H2,(H,24,27)(H,29,30)(H,25,28,31). The van der Waals surface area contributed by atoms with Gasteiger partial charge in [0.05, 0.1) is 17.7 Å². The number of carbonyl (C=O) groups is 6. The van der Waals surface area contributed by atoms with Gasteiger partial charge in [-0.05, 0) is 31.4 Å². The van der Waals surface area contributed by atoms with Crippen LogP contribution in [-0.2, 0) is 19.2 Å². The Bertz CT molecular complexity index is 1010. The second-order valence-corrected chi connectivity index (χ2v) is 8.13. The maximum Gasteiger partial charge on any atom is 0.303 e. The number of amides is 5. The molecule has 0 radical (unpaired) electrons. The van der Waals surface area contributed by atoms with Gasteiger partial charge in [-0.2, -0.15) is 0 Å². The van der Waals surface area contributed by atoms with Crippen LogP contribution in [0.3, 0.4) is 0 Å². The van der Waals surface area contributed by atoms with E-state index in [1.54, 1.807) is 6.07 Å². The normalized spacial score (nSPS) is 17.4. The Morgan fingerprint density at radius 1 is 1.06 bits per heavy atom. The fourth-order valence-corrected chi connectivity index (χ4v) is 3.96. The van der Waals surface area contributed by atoms with E-state index in [0.717, 1.165) is 17.7 Å². The highest BCUT2D eigenvalue weighted by atomic mass is 16.5. The number of rotatable bonds is 12. The number of imide groups is 2. The summed E-state index contributed by atoms with van der Waals surface area (Å²) in [6.07, 6.45) is 3.33. The van der Waals surface area contributed by atoms with Crippen molar-refractivity contribution in [2.45, 2.75) is 57.4 Å². The van der Waals surface area contributed by atoms with E-state index < -0.39 is 35.6 Å². The Kier molecular flexibility index (Phi) is 8.34. The van der Waals surface area contributed by atoms with Crippen LogP contribution in [0.25, 0.3) is 0 Å². The third-order valence-electron chi connectivity index (χ3n) is 5.66. The van der Waals surface area contributed by atoms with Gasteiger partial charge in [-0.3, -0.25) is 39.0 Å². The first-order valence-corrected chi connectivity index (χ1v) is 11.3. The van der Waals surface area contributed by atoms with Crippen LogP contribution in [0, 0.1) is 0 Å². The number of fused-ring (bicyclic) bond motifs is 1. The topological polar surface area (TPSA) is 159 Å². The van der Waals surface area contributed by atoms with Crippen LogP contribution >= 0.6 is 0 Å². The third kappa shape index (κ3) is 5.97. The zero-order chi connectivity index (χ0) is 24.7. The zero-order valence-corrected chi connectivity index (χ0v) is 18.6. The van der Waals surface area contributed by atoms with E-state index in [-0.39, 0.29) is 55.2 Å². The average molecular weight is 473 g/mol. The maximum absolute atomic E-state index is 13.0. The number of unbranched alkanes of at least 4 members (excludes halogenated alkanes) is 3. The molecule has 1 unspecified atom stereocenters. The van der Waals surface area contributed by atoms with Crippen molar-refractivity contribution >= 4 is 35.5 Å². The number of nitrogens with one attached hydrogen (secondary N) is 2. The molecule has 3 N–H and O–H groups in total. The monoisotopic (exact) mass is 473 g/mol. The Morgan fingerprint density at radius 3 is 2.50 bits per heavy atom. The van der Waals surface area contributed by atoms with Gasteiger partial charge in [0.15, 0.2) is 0 Å². The predicted octanol–water partition coefficient (Wildman–Crippen LogP) is 1.01. The lowest BCUT2D eigenvalue weighted by Gasteiger charge is -2.27. The van der Waals surface area contributed by atoms with Crippen LogP contribution < -0.4 is 15.4 Å². The third-order valence-corrected chi connectivity index (χ3v) is 5.66. The van der Waals surface area contributed by atoms with Crippen molar-refractivity contribution in [1.29, 1.82) is 0 Å². The number of hydrogen-bond donors (Lipinski definition) is 3. The lowest BCUT2D eigenvalue weighted by Crippen LogP contribution is -2.54. The number of benzene rings is 1. The van der Waals surface area contributed by atoms with Crippen molar-refractivity contribution < 1.29 is 38.6 Å². The molecule has 34 heavy (non-hydrogen) atoms. The van der Waals surface area contributed by atoms with E-state index in [4.69, 9.17) is 9.84 Å². The first-order chi connectivity index (χ1) is 16.3. The van der Waals surface area contributed by atoms with Crippen molar-refractivity contribution in [3.05, 3.63) is 29.3 Å². The minimum Gasteiger partial charge on any atom is -0.491 e. The van der Waals surface area contributed by atoms with Gasteiger partial charge < -0.3 is 15.2 Å². The van der Waals surface area contributed by atoms with Crippen molar-refractivity contribution in [3.63, 3.8) is 0 Å². The number of ether oxygens (including phenoxy) is 1. The van der Waals surface area contributed by atoms with E-state index in [2.05, 4.69) is 10.6 Å². The zero-order valence-electron chi connectivity index (χ0n) is 18.6. The van der Waals surface area contributed by atoms with E-state index >= 15 is 0 Å². The van der Waals surface area contributed by atoms with Gasteiger partial charge in [-0.15, -0.1) is 0 Å². The Balaban J connectivity index is 1.48. The summed E-state index contributed by atoms with van der Waals surface area (Å²) in [5.41, 5.74) is 0.184. The van der Waals surface area contributed by atoms with Crippen LogP contribution in [0.2, 0.25) is 0 Å². The molecule has 5 amide bonds. The minimum atomic E-state index is -1.05. The number of hydrogen-bond acceptors (Lipinski definition) is 7. The molecule has 2 heterocycles. The molecule has 0 aromatic heterocycles. The van der Waals surface area contributed by atoms with Crippen LogP contribution in [0.4, 0.5) is 0 Å². The summed E-state index contributed by atoms with van der Waals surface area (Å²) >= 11 is 0. The number of carbonyl (C=O) groups excluding carboxylic acids is 5. The van der Waals surface area contributed by atoms with E-state index in [1.165, 1.54) is 12.1 Å². The molecule has 1 atom stereocenters. The molecule has 1 fully saturated rings. The first kappa shape index (κ1) is 24.9. The molecule has 0 saturated carbocycles. The molecule has 11 nitrogen and oxygen atoms in total. The van der Waals surface area contributed by atoms with Gasteiger partial charge in [0.1, 0.15) is 18.4 Å². The number of aliphatic carboxylic acids is 1. The summed E-state index contributed by atoms with van der Waals surface area (Å²) in [5, 5.41) is 13.5. The van der Waals surface area contributed by atoms with E-state index in [1.807, 2.05) is 0 Å². The number of piperidine rings is 1. The average Bonchev–Trinajstić information content (AvgIpc) is 3.04. The summed E-state index contributed by atoms with van der Waals surface area (Å²) in [5.74, 6) is -3.20. The molecule has 1 aromatic rings. The SMILES string of the molecule is O=C(O)CCCCCCC(=O)NCCOc1cccc2c1C(=O)N(C1CCC(=O)NC1=O)C2=O.